The summed E-state index contributed by atoms with van der Waals surface area (Å²) in [5, 5.41) is 0. The standard InChI is InChI=1S/C31H33FN6O4S/c1-19-8-6-9-20(2)28(19)25-13-27-36-30(35-25)37-43(40,41)24-11-7-10-21(12-24)29(39)38(17-26-33-15-22(32)16-34-26)23(18-42-27)14-31(3,4)5/h6-13,15-16,23H,14,17-18H2,1-5H3,(H,35,36,37)/t23-/m1/s1. The van der Waals surface area contributed by atoms with Crippen LogP contribution in [-0.2, 0) is 16.6 Å². The normalized spacial score (nSPS) is 16.7. The number of carbonyl (C=O) groups is 1. The van der Waals surface area contributed by atoms with E-state index in [9.17, 15) is 17.6 Å². The largest absolute Gasteiger partial charge is 0.475 e. The number of amides is 1. The van der Waals surface area contributed by atoms with E-state index in [0.717, 1.165) is 29.1 Å². The molecule has 2 aromatic heterocycles. The van der Waals surface area contributed by atoms with E-state index >= 15 is 0 Å². The Bertz CT molecular complexity index is 1750. The molecule has 0 spiro atoms. The summed E-state index contributed by atoms with van der Waals surface area (Å²) >= 11 is 0. The summed E-state index contributed by atoms with van der Waals surface area (Å²) in [7, 11) is -4.19. The molecule has 3 heterocycles. The molecule has 10 nitrogen and oxygen atoms in total. The molecule has 12 heteroatoms. The van der Waals surface area contributed by atoms with Gasteiger partial charge in [0.05, 0.1) is 35.6 Å². The predicted molar refractivity (Wildman–Crippen MR) is 159 cm³/mol. The molecule has 1 amide bonds. The second-order valence-corrected chi connectivity index (χ2v) is 13.5. The molecule has 0 saturated carbocycles. The zero-order valence-electron chi connectivity index (χ0n) is 24.6. The lowest BCUT2D eigenvalue weighted by molar-refractivity contribution is 0.0505. The lowest BCUT2D eigenvalue weighted by Gasteiger charge is -2.35. The summed E-state index contributed by atoms with van der Waals surface area (Å²) in [6.07, 6.45) is 2.59. The van der Waals surface area contributed by atoms with Gasteiger partial charge in [-0.3, -0.25) is 4.79 Å². The Morgan fingerprint density at radius 1 is 1.02 bits per heavy atom. The number of halogens is 1. The zero-order chi connectivity index (χ0) is 30.9. The zero-order valence-corrected chi connectivity index (χ0v) is 25.4. The third-order valence-electron chi connectivity index (χ3n) is 7.02. The smallest absolute Gasteiger partial charge is 0.264 e. The van der Waals surface area contributed by atoms with E-state index in [1.165, 1.54) is 18.2 Å². The molecule has 1 aliphatic rings. The van der Waals surface area contributed by atoms with Crippen LogP contribution in [0.3, 0.4) is 0 Å². The summed E-state index contributed by atoms with van der Waals surface area (Å²) in [6, 6.07) is 12.7. The maximum Gasteiger partial charge on any atom is 0.264 e. The van der Waals surface area contributed by atoms with Crippen molar-refractivity contribution in [3.63, 3.8) is 0 Å². The van der Waals surface area contributed by atoms with Gasteiger partial charge in [0.15, 0.2) is 5.82 Å². The van der Waals surface area contributed by atoms with Crippen LogP contribution >= 0.6 is 0 Å². The van der Waals surface area contributed by atoms with Gasteiger partial charge in [-0.2, -0.15) is 4.98 Å². The molecule has 0 unspecified atom stereocenters. The van der Waals surface area contributed by atoms with Crippen LogP contribution in [0.15, 0.2) is 65.8 Å². The molecule has 5 rings (SSSR count). The predicted octanol–water partition coefficient (Wildman–Crippen LogP) is 5.33. The molecule has 0 saturated heterocycles. The van der Waals surface area contributed by atoms with E-state index in [-0.39, 0.29) is 46.7 Å². The van der Waals surface area contributed by atoms with E-state index < -0.39 is 27.8 Å². The number of sulfonamides is 1. The molecule has 0 aliphatic carbocycles. The third-order valence-corrected chi connectivity index (χ3v) is 8.34. The molecule has 4 bridgehead atoms. The maximum absolute atomic E-state index is 14.1. The van der Waals surface area contributed by atoms with Crippen molar-refractivity contribution in [1.29, 1.82) is 0 Å². The molecular weight excluding hydrogens is 571 g/mol. The second kappa shape index (κ2) is 11.7. The average molecular weight is 605 g/mol. The van der Waals surface area contributed by atoms with Gasteiger partial charge in [0.25, 0.3) is 15.9 Å². The lowest BCUT2D eigenvalue weighted by atomic mass is 9.87. The van der Waals surface area contributed by atoms with Gasteiger partial charge >= 0.3 is 0 Å². The van der Waals surface area contributed by atoms with Gasteiger partial charge in [0.2, 0.25) is 11.8 Å². The number of nitrogens with one attached hydrogen (secondary N) is 1. The van der Waals surface area contributed by atoms with Crippen molar-refractivity contribution >= 4 is 21.9 Å². The number of anilines is 1. The lowest BCUT2D eigenvalue weighted by Crippen LogP contribution is -2.45. The number of carbonyl (C=O) groups excluding carboxylic acids is 1. The molecule has 1 N–H and O–H groups in total. The van der Waals surface area contributed by atoms with Gasteiger partial charge in [-0.25, -0.2) is 32.5 Å². The number of hydrogen-bond donors (Lipinski definition) is 1. The van der Waals surface area contributed by atoms with Gasteiger partial charge in [0.1, 0.15) is 12.4 Å². The van der Waals surface area contributed by atoms with Crippen LogP contribution in [0.2, 0.25) is 0 Å². The highest BCUT2D eigenvalue weighted by molar-refractivity contribution is 7.92. The second-order valence-electron chi connectivity index (χ2n) is 11.8. The highest BCUT2D eigenvalue weighted by Gasteiger charge is 2.32. The van der Waals surface area contributed by atoms with Crippen LogP contribution in [0.1, 0.15) is 54.5 Å². The minimum absolute atomic E-state index is 0.0271. The fourth-order valence-corrected chi connectivity index (χ4v) is 6.11. The van der Waals surface area contributed by atoms with Crippen LogP contribution in [0.4, 0.5) is 10.3 Å². The fraction of sp³-hybridized carbons (Fsp3) is 0.323. The van der Waals surface area contributed by atoms with Gasteiger partial charge in [-0.05, 0) is 55.0 Å². The number of aromatic nitrogens is 4. The molecule has 0 radical (unpaired) electrons. The Kier molecular flexibility index (Phi) is 8.15. The van der Waals surface area contributed by atoms with Gasteiger partial charge in [0, 0.05) is 17.2 Å². The number of benzene rings is 2. The molecule has 1 atom stereocenters. The molecular formula is C31H33FN6O4S. The van der Waals surface area contributed by atoms with Gasteiger partial charge < -0.3 is 9.64 Å². The highest BCUT2D eigenvalue weighted by Crippen LogP contribution is 2.31. The number of rotatable bonds is 4. The third kappa shape index (κ3) is 6.96. The first-order chi connectivity index (χ1) is 20.3. The summed E-state index contributed by atoms with van der Waals surface area (Å²) < 4.78 is 49.3. The van der Waals surface area contributed by atoms with E-state index in [2.05, 4.69) is 24.7 Å². The Balaban J connectivity index is 1.68. The Labute approximate surface area is 250 Å². The topological polar surface area (TPSA) is 127 Å². The van der Waals surface area contributed by atoms with Crippen LogP contribution in [-0.4, -0.2) is 51.8 Å². The molecule has 0 fully saturated rings. The number of ether oxygens (including phenoxy) is 1. The number of aryl methyl sites for hydroxylation is 2. The first-order valence-electron chi connectivity index (χ1n) is 13.8. The van der Waals surface area contributed by atoms with Crippen LogP contribution in [0.25, 0.3) is 11.3 Å². The maximum atomic E-state index is 14.1. The van der Waals surface area contributed by atoms with Crippen LogP contribution < -0.4 is 9.46 Å². The van der Waals surface area contributed by atoms with Crippen molar-refractivity contribution in [2.75, 3.05) is 11.3 Å². The Morgan fingerprint density at radius 2 is 1.70 bits per heavy atom. The number of nitrogens with zero attached hydrogens (tertiary/aromatic N) is 5. The quantitative estimate of drug-likeness (QED) is 0.331. The minimum atomic E-state index is -4.19. The van der Waals surface area contributed by atoms with Crippen molar-refractivity contribution in [1.82, 2.24) is 24.8 Å². The first-order valence-corrected chi connectivity index (χ1v) is 15.3. The Hall–Kier alpha value is -4.45. The molecule has 4 aromatic rings. The SMILES string of the molecule is Cc1cccc(C)c1-c1cc2nc(n1)NS(=O)(=O)c1cccc(c1)C(=O)N(Cc1ncc(F)cn1)[C@H](CC(C)(C)C)CO2. The summed E-state index contributed by atoms with van der Waals surface area (Å²) in [6.45, 7) is 10.0. The van der Waals surface area contributed by atoms with Crippen LogP contribution in [0.5, 0.6) is 5.88 Å². The fourth-order valence-electron chi connectivity index (χ4n) is 5.12. The molecule has 2 aromatic carbocycles. The van der Waals surface area contributed by atoms with E-state index in [1.54, 1.807) is 17.0 Å². The van der Waals surface area contributed by atoms with Gasteiger partial charge in [-0.15, -0.1) is 0 Å². The van der Waals surface area contributed by atoms with E-state index in [4.69, 9.17) is 4.74 Å². The van der Waals surface area contributed by atoms with Crippen molar-refractivity contribution < 1.29 is 22.3 Å². The minimum Gasteiger partial charge on any atom is -0.475 e. The first kappa shape index (κ1) is 30.0. The van der Waals surface area contributed by atoms with Crippen LogP contribution in [0, 0.1) is 25.1 Å². The van der Waals surface area contributed by atoms with E-state index in [0.29, 0.717) is 12.1 Å². The van der Waals surface area contributed by atoms with Gasteiger partial charge in [-0.1, -0.05) is 45.0 Å². The average Bonchev–Trinajstić information content (AvgIpc) is 2.93. The highest BCUT2D eigenvalue weighted by atomic mass is 32.2. The molecule has 1 aliphatic heterocycles. The van der Waals surface area contributed by atoms with Crippen molar-refractivity contribution in [2.24, 2.45) is 5.41 Å². The molecule has 224 valence electrons. The van der Waals surface area contributed by atoms with Crippen molar-refractivity contribution in [3.8, 4) is 17.1 Å². The monoisotopic (exact) mass is 604 g/mol. The van der Waals surface area contributed by atoms with Crippen molar-refractivity contribution in [3.05, 3.63) is 89.3 Å². The number of fused-ring (bicyclic) bond motifs is 4. The molecule has 43 heavy (non-hydrogen) atoms. The Morgan fingerprint density at radius 3 is 2.37 bits per heavy atom. The summed E-state index contributed by atoms with van der Waals surface area (Å²) in [4.78, 5) is 32.6. The van der Waals surface area contributed by atoms with E-state index in [1.807, 2.05) is 52.8 Å². The van der Waals surface area contributed by atoms with Crippen molar-refractivity contribution in [2.45, 2.75) is 58.5 Å². The number of hydrogen-bond acceptors (Lipinski definition) is 8. The summed E-state index contributed by atoms with van der Waals surface area (Å²) in [5.74, 6) is -0.837. The summed E-state index contributed by atoms with van der Waals surface area (Å²) in [5.41, 5.74) is 3.13.